The molecule has 0 spiro atoms. The average Bonchev–Trinajstić information content (AvgIpc) is 2.98. The van der Waals surface area contributed by atoms with Crippen molar-refractivity contribution in [2.45, 2.75) is 39.8 Å². The van der Waals surface area contributed by atoms with E-state index in [-0.39, 0.29) is 0 Å². The summed E-state index contributed by atoms with van der Waals surface area (Å²) < 4.78 is 0. The lowest BCUT2D eigenvalue weighted by Crippen LogP contribution is -2.39. The number of carboxylic acid groups (broad SMARTS) is 1. The fraction of sp³-hybridized carbons (Fsp3) is 0.316. The van der Waals surface area contributed by atoms with Gasteiger partial charge in [0, 0.05) is 10.9 Å². The molecule has 0 saturated heterocycles. The highest BCUT2D eigenvalue weighted by Crippen LogP contribution is 2.37. The van der Waals surface area contributed by atoms with Crippen molar-refractivity contribution in [1.82, 2.24) is 9.97 Å². The molecule has 1 aromatic carbocycles. The van der Waals surface area contributed by atoms with Crippen LogP contribution in [-0.2, 0) is 4.79 Å². The predicted molar refractivity (Wildman–Crippen MR) is 104 cm³/mol. The summed E-state index contributed by atoms with van der Waals surface area (Å²) in [5.74, 6) is -0.161. The van der Waals surface area contributed by atoms with Crippen LogP contribution in [0.2, 0.25) is 0 Å². The smallest absolute Gasteiger partial charge is 0.328 e. The number of thiophene rings is 1. The third-order valence-corrected chi connectivity index (χ3v) is 5.28. The number of benzene rings is 1. The molecule has 2 heterocycles. The minimum atomic E-state index is -1.15. The first-order chi connectivity index (χ1) is 12.3. The van der Waals surface area contributed by atoms with E-state index in [0.29, 0.717) is 11.6 Å². The van der Waals surface area contributed by atoms with E-state index in [2.05, 4.69) is 41.3 Å². The van der Waals surface area contributed by atoms with Crippen LogP contribution in [-0.4, -0.2) is 38.3 Å². The number of aryl methyl sites for hydroxylation is 3. The quantitative estimate of drug-likeness (QED) is 0.635. The molecule has 0 bridgehead atoms. The number of carbonyl (C=O) groups is 1. The van der Waals surface area contributed by atoms with Crippen LogP contribution < -0.4 is 5.32 Å². The topological polar surface area (TPSA) is 95.3 Å². The van der Waals surface area contributed by atoms with E-state index >= 15 is 0 Å². The molecule has 0 fully saturated rings. The lowest BCUT2D eigenvalue weighted by molar-refractivity contribution is -0.140. The number of aliphatic hydroxyl groups excluding tert-OH is 1. The minimum absolute atomic E-state index is 0.426. The van der Waals surface area contributed by atoms with Gasteiger partial charge in [-0.15, -0.1) is 11.3 Å². The largest absolute Gasteiger partial charge is 0.480 e. The number of hydrogen-bond acceptors (Lipinski definition) is 6. The van der Waals surface area contributed by atoms with Crippen LogP contribution in [0.15, 0.2) is 23.6 Å². The molecule has 0 saturated carbocycles. The molecule has 2 aromatic heterocycles. The fourth-order valence-electron chi connectivity index (χ4n) is 2.81. The highest BCUT2D eigenvalue weighted by atomic mass is 32.1. The molecule has 3 rings (SSSR count). The van der Waals surface area contributed by atoms with Gasteiger partial charge in [0.25, 0.3) is 0 Å². The Balaban J connectivity index is 2.18. The maximum absolute atomic E-state index is 11.5. The Bertz CT molecular complexity index is 982. The Morgan fingerprint density at radius 1 is 1.19 bits per heavy atom. The van der Waals surface area contributed by atoms with Gasteiger partial charge in [-0.1, -0.05) is 18.2 Å². The fourth-order valence-corrected chi connectivity index (χ4v) is 3.80. The Labute approximate surface area is 155 Å². The summed E-state index contributed by atoms with van der Waals surface area (Å²) in [5, 5.41) is 24.9. The van der Waals surface area contributed by atoms with Crippen LogP contribution in [0.3, 0.4) is 0 Å². The summed E-state index contributed by atoms with van der Waals surface area (Å²) in [6, 6.07) is 5.05. The monoisotopic (exact) mass is 371 g/mol. The Hall–Kier alpha value is -2.51. The number of aliphatic hydroxyl groups is 1. The first-order valence-corrected chi connectivity index (χ1v) is 9.16. The van der Waals surface area contributed by atoms with Crippen LogP contribution in [0.1, 0.15) is 23.9 Å². The second-order valence-corrected chi connectivity index (χ2v) is 7.31. The van der Waals surface area contributed by atoms with Crippen LogP contribution in [0.25, 0.3) is 21.3 Å². The number of rotatable bonds is 5. The molecule has 2 unspecified atom stereocenters. The Morgan fingerprint density at radius 2 is 1.92 bits per heavy atom. The number of nitrogens with zero attached hydrogens (tertiary/aromatic N) is 2. The number of anilines is 1. The van der Waals surface area contributed by atoms with Gasteiger partial charge in [0.1, 0.15) is 16.5 Å². The second-order valence-electron chi connectivity index (χ2n) is 6.45. The standard InChI is InChI=1S/C19H21N3O3S/c1-9-5-6-13(7-10(9)2)14-8-26-18-15(14)17(20-12(4)21-18)22-16(11(3)23)19(24)25/h5-8,11,16,23H,1-4H3,(H,24,25)(H,20,21,22). The van der Waals surface area contributed by atoms with Gasteiger partial charge in [-0.2, -0.15) is 0 Å². The number of aromatic nitrogens is 2. The summed E-state index contributed by atoms with van der Waals surface area (Å²) in [6.07, 6.45) is -1.07. The minimum Gasteiger partial charge on any atom is -0.480 e. The summed E-state index contributed by atoms with van der Waals surface area (Å²) in [6.45, 7) is 7.32. The van der Waals surface area contributed by atoms with Crippen molar-refractivity contribution >= 4 is 33.3 Å². The highest BCUT2D eigenvalue weighted by molar-refractivity contribution is 7.17. The van der Waals surface area contributed by atoms with Gasteiger partial charge in [0.2, 0.25) is 0 Å². The molecule has 136 valence electrons. The van der Waals surface area contributed by atoms with E-state index in [4.69, 9.17) is 0 Å². The molecule has 0 amide bonds. The van der Waals surface area contributed by atoms with Crippen molar-refractivity contribution in [3.8, 4) is 11.1 Å². The zero-order chi connectivity index (χ0) is 19.0. The Morgan fingerprint density at radius 3 is 2.54 bits per heavy atom. The molecular weight excluding hydrogens is 350 g/mol. The van der Waals surface area contributed by atoms with Gasteiger partial charge in [-0.3, -0.25) is 0 Å². The van der Waals surface area contributed by atoms with E-state index in [1.807, 2.05) is 11.4 Å². The molecule has 2 atom stereocenters. The maximum atomic E-state index is 11.5. The van der Waals surface area contributed by atoms with Crippen molar-refractivity contribution in [1.29, 1.82) is 0 Å². The van der Waals surface area contributed by atoms with Gasteiger partial charge in [0.15, 0.2) is 6.04 Å². The van der Waals surface area contributed by atoms with E-state index in [1.54, 1.807) is 6.92 Å². The van der Waals surface area contributed by atoms with E-state index < -0.39 is 18.1 Å². The predicted octanol–water partition coefficient (Wildman–Crippen LogP) is 3.53. The van der Waals surface area contributed by atoms with Crippen LogP contribution >= 0.6 is 11.3 Å². The molecule has 26 heavy (non-hydrogen) atoms. The number of nitrogens with one attached hydrogen (secondary N) is 1. The van der Waals surface area contributed by atoms with Gasteiger partial charge < -0.3 is 15.5 Å². The van der Waals surface area contributed by atoms with Crippen molar-refractivity contribution in [3.05, 3.63) is 40.5 Å². The normalized spacial score (nSPS) is 13.6. The summed E-state index contributed by atoms with van der Waals surface area (Å²) >= 11 is 1.49. The third-order valence-electron chi connectivity index (χ3n) is 4.40. The molecular formula is C19H21N3O3S. The van der Waals surface area contributed by atoms with E-state index in [0.717, 1.165) is 21.3 Å². The van der Waals surface area contributed by atoms with Gasteiger partial charge in [-0.25, -0.2) is 14.8 Å². The van der Waals surface area contributed by atoms with Crippen molar-refractivity contribution in [2.75, 3.05) is 5.32 Å². The van der Waals surface area contributed by atoms with Gasteiger partial charge >= 0.3 is 5.97 Å². The number of carboxylic acids is 1. The van der Waals surface area contributed by atoms with E-state index in [1.165, 1.54) is 29.4 Å². The summed E-state index contributed by atoms with van der Waals surface area (Å²) in [7, 11) is 0. The zero-order valence-corrected chi connectivity index (χ0v) is 15.9. The molecule has 0 radical (unpaired) electrons. The molecule has 0 aliphatic heterocycles. The number of aliphatic carboxylic acids is 1. The summed E-state index contributed by atoms with van der Waals surface area (Å²) in [4.78, 5) is 21.2. The SMILES string of the molecule is Cc1nc(NC(C(=O)O)C(C)O)c2c(-c3ccc(C)c(C)c3)csc2n1. The second kappa shape index (κ2) is 7.01. The van der Waals surface area contributed by atoms with Crippen LogP contribution in [0, 0.1) is 20.8 Å². The molecule has 0 aliphatic carbocycles. The zero-order valence-electron chi connectivity index (χ0n) is 15.1. The maximum Gasteiger partial charge on any atom is 0.328 e. The third kappa shape index (κ3) is 3.40. The van der Waals surface area contributed by atoms with Gasteiger partial charge in [-0.05, 0) is 44.4 Å². The Kier molecular flexibility index (Phi) is 4.93. The van der Waals surface area contributed by atoms with Crippen molar-refractivity contribution in [2.24, 2.45) is 0 Å². The number of hydrogen-bond donors (Lipinski definition) is 3. The van der Waals surface area contributed by atoms with Gasteiger partial charge in [0.05, 0.1) is 11.5 Å². The van der Waals surface area contributed by atoms with Crippen LogP contribution in [0.5, 0.6) is 0 Å². The molecule has 0 aliphatic rings. The molecule has 3 N–H and O–H groups in total. The first-order valence-electron chi connectivity index (χ1n) is 8.28. The van der Waals surface area contributed by atoms with Crippen molar-refractivity contribution in [3.63, 3.8) is 0 Å². The average molecular weight is 371 g/mol. The lowest BCUT2D eigenvalue weighted by Gasteiger charge is -2.19. The van der Waals surface area contributed by atoms with E-state index in [9.17, 15) is 15.0 Å². The lowest BCUT2D eigenvalue weighted by atomic mass is 10.0. The molecule has 7 heteroatoms. The molecule has 3 aromatic rings. The number of fused-ring (bicyclic) bond motifs is 1. The van der Waals surface area contributed by atoms with Crippen LogP contribution in [0.4, 0.5) is 5.82 Å². The molecule has 6 nitrogen and oxygen atoms in total. The first kappa shape index (κ1) is 18.3. The van der Waals surface area contributed by atoms with Crippen molar-refractivity contribution < 1.29 is 15.0 Å². The highest BCUT2D eigenvalue weighted by Gasteiger charge is 2.25. The summed E-state index contributed by atoms with van der Waals surface area (Å²) in [5.41, 5.74) is 4.36.